The summed E-state index contributed by atoms with van der Waals surface area (Å²) in [7, 11) is 3.87. The molecule has 0 fully saturated rings. The van der Waals surface area contributed by atoms with Gasteiger partial charge in [-0.2, -0.15) is 0 Å². The molecule has 6 nitrogen and oxygen atoms in total. The van der Waals surface area contributed by atoms with Crippen molar-refractivity contribution in [1.82, 2.24) is 14.5 Å². The molecule has 0 atom stereocenters. The summed E-state index contributed by atoms with van der Waals surface area (Å²) >= 11 is 5.80. The standard InChI is InChI=1S/C13H15ClN4O2/c1-16(9-13-15-5-6-17(13)2)8-10-3-4-11(14)12(7-10)18(19)20/h3-7H,8-9H2,1-2H3. The zero-order valence-corrected chi connectivity index (χ0v) is 12.0. The normalized spacial score (nSPS) is 11.0. The molecule has 1 aromatic carbocycles. The molecular formula is C13H15ClN4O2. The van der Waals surface area contributed by atoms with Crippen LogP contribution in [0.15, 0.2) is 30.6 Å². The summed E-state index contributed by atoms with van der Waals surface area (Å²) in [6.07, 6.45) is 3.63. The fraction of sp³-hybridized carbons (Fsp3) is 0.308. The maximum absolute atomic E-state index is 10.9. The number of nitro benzene ring substituents is 1. The monoisotopic (exact) mass is 294 g/mol. The number of aryl methyl sites for hydroxylation is 1. The number of nitro groups is 1. The molecule has 0 spiro atoms. The van der Waals surface area contributed by atoms with Gasteiger partial charge in [0.25, 0.3) is 5.69 Å². The van der Waals surface area contributed by atoms with E-state index < -0.39 is 4.92 Å². The zero-order valence-electron chi connectivity index (χ0n) is 11.3. The highest BCUT2D eigenvalue weighted by Crippen LogP contribution is 2.25. The van der Waals surface area contributed by atoms with Gasteiger partial charge in [-0.3, -0.25) is 15.0 Å². The van der Waals surface area contributed by atoms with Crippen LogP contribution in [0.5, 0.6) is 0 Å². The largest absolute Gasteiger partial charge is 0.337 e. The van der Waals surface area contributed by atoms with E-state index in [1.807, 2.05) is 29.8 Å². The van der Waals surface area contributed by atoms with Crippen molar-refractivity contribution in [3.8, 4) is 0 Å². The molecule has 0 aliphatic rings. The van der Waals surface area contributed by atoms with Gasteiger partial charge in [-0.25, -0.2) is 4.98 Å². The zero-order chi connectivity index (χ0) is 14.7. The van der Waals surface area contributed by atoms with E-state index in [-0.39, 0.29) is 10.7 Å². The minimum atomic E-state index is -0.468. The fourth-order valence-electron chi connectivity index (χ4n) is 1.95. The van der Waals surface area contributed by atoms with Crippen LogP contribution in [0.4, 0.5) is 5.69 Å². The van der Waals surface area contributed by atoms with E-state index in [1.165, 1.54) is 6.07 Å². The lowest BCUT2D eigenvalue weighted by molar-refractivity contribution is -0.384. The van der Waals surface area contributed by atoms with Gasteiger partial charge in [0.15, 0.2) is 0 Å². The first kappa shape index (κ1) is 14.5. The van der Waals surface area contributed by atoms with Gasteiger partial charge in [0.1, 0.15) is 10.8 Å². The summed E-state index contributed by atoms with van der Waals surface area (Å²) in [5.41, 5.74) is 0.785. The topological polar surface area (TPSA) is 64.2 Å². The number of halogens is 1. The molecule has 2 aromatic rings. The van der Waals surface area contributed by atoms with Crippen LogP contribution in [0.1, 0.15) is 11.4 Å². The Kier molecular flexibility index (Phi) is 4.36. The summed E-state index contributed by atoms with van der Waals surface area (Å²) in [4.78, 5) is 16.7. The van der Waals surface area contributed by atoms with Gasteiger partial charge in [-0.15, -0.1) is 0 Å². The van der Waals surface area contributed by atoms with Gasteiger partial charge < -0.3 is 4.57 Å². The van der Waals surface area contributed by atoms with Crippen molar-refractivity contribution in [3.63, 3.8) is 0 Å². The van der Waals surface area contributed by atoms with Gasteiger partial charge in [-0.1, -0.05) is 17.7 Å². The first-order valence-corrected chi connectivity index (χ1v) is 6.42. The predicted molar refractivity (Wildman–Crippen MR) is 76.5 cm³/mol. The second-order valence-electron chi connectivity index (χ2n) is 4.67. The Morgan fingerprint density at radius 2 is 2.20 bits per heavy atom. The highest BCUT2D eigenvalue weighted by Gasteiger charge is 2.14. The average molecular weight is 295 g/mol. The van der Waals surface area contributed by atoms with Gasteiger partial charge in [0.2, 0.25) is 0 Å². The molecule has 2 rings (SSSR count). The van der Waals surface area contributed by atoms with Crippen LogP contribution in [-0.2, 0) is 20.1 Å². The summed E-state index contributed by atoms with van der Waals surface area (Å²) in [6.45, 7) is 1.25. The molecule has 0 aliphatic heterocycles. The molecule has 1 heterocycles. The van der Waals surface area contributed by atoms with Crippen LogP contribution in [0.3, 0.4) is 0 Å². The first-order chi connectivity index (χ1) is 9.47. The second-order valence-corrected chi connectivity index (χ2v) is 5.08. The number of nitrogens with zero attached hydrogens (tertiary/aromatic N) is 4. The van der Waals surface area contributed by atoms with Crippen molar-refractivity contribution >= 4 is 17.3 Å². The van der Waals surface area contributed by atoms with Crippen LogP contribution < -0.4 is 0 Å². The predicted octanol–water partition coefficient (Wildman–Crippen LogP) is 2.61. The van der Waals surface area contributed by atoms with E-state index in [1.54, 1.807) is 18.3 Å². The third-order valence-electron chi connectivity index (χ3n) is 2.99. The fourth-order valence-corrected chi connectivity index (χ4v) is 2.14. The molecular weight excluding hydrogens is 280 g/mol. The lowest BCUT2D eigenvalue weighted by Gasteiger charge is -2.16. The Hall–Kier alpha value is -1.92. The molecule has 0 N–H and O–H groups in total. The molecule has 1 aromatic heterocycles. The molecule has 0 amide bonds. The van der Waals surface area contributed by atoms with Crippen LogP contribution in [0, 0.1) is 10.1 Å². The van der Waals surface area contributed by atoms with Crippen molar-refractivity contribution in [2.45, 2.75) is 13.1 Å². The van der Waals surface area contributed by atoms with Crippen molar-refractivity contribution in [2.75, 3.05) is 7.05 Å². The molecule has 0 bridgehead atoms. The van der Waals surface area contributed by atoms with Crippen LogP contribution >= 0.6 is 11.6 Å². The highest BCUT2D eigenvalue weighted by molar-refractivity contribution is 6.32. The molecule has 0 saturated heterocycles. The Bertz CT molecular complexity index is 627. The van der Waals surface area contributed by atoms with E-state index in [0.29, 0.717) is 13.1 Å². The molecule has 106 valence electrons. The Labute approximate surface area is 121 Å². The lowest BCUT2D eigenvalue weighted by atomic mass is 10.2. The van der Waals surface area contributed by atoms with E-state index in [0.717, 1.165) is 11.4 Å². The summed E-state index contributed by atoms with van der Waals surface area (Å²) < 4.78 is 1.95. The van der Waals surface area contributed by atoms with Gasteiger partial charge in [0.05, 0.1) is 11.5 Å². The Morgan fingerprint density at radius 1 is 1.45 bits per heavy atom. The minimum absolute atomic E-state index is 0.0606. The molecule has 20 heavy (non-hydrogen) atoms. The second kappa shape index (κ2) is 6.02. The van der Waals surface area contributed by atoms with E-state index in [2.05, 4.69) is 4.98 Å². The summed E-state index contributed by atoms with van der Waals surface area (Å²) in [6, 6.07) is 4.87. The maximum Gasteiger partial charge on any atom is 0.288 e. The molecule has 0 radical (unpaired) electrons. The molecule has 0 saturated carbocycles. The highest BCUT2D eigenvalue weighted by atomic mass is 35.5. The van der Waals surface area contributed by atoms with Crippen molar-refractivity contribution in [3.05, 3.63) is 57.1 Å². The Morgan fingerprint density at radius 3 is 2.80 bits per heavy atom. The van der Waals surface area contributed by atoms with Gasteiger partial charge in [0, 0.05) is 32.1 Å². The van der Waals surface area contributed by atoms with E-state index in [9.17, 15) is 10.1 Å². The Balaban J connectivity index is 2.08. The first-order valence-electron chi connectivity index (χ1n) is 6.05. The van der Waals surface area contributed by atoms with Crippen molar-refractivity contribution in [2.24, 2.45) is 7.05 Å². The van der Waals surface area contributed by atoms with E-state index in [4.69, 9.17) is 11.6 Å². The van der Waals surface area contributed by atoms with Gasteiger partial charge in [-0.05, 0) is 18.7 Å². The molecule has 7 heteroatoms. The number of imidazole rings is 1. The third kappa shape index (κ3) is 3.34. The maximum atomic E-state index is 10.9. The summed E-state index contributed by atoms with van der Waals surface area (Å²) in [5.74, 6) is 0.941. The number of hydrogen-bond donors (Lipinski definition) is 0. The number of benzene rings is 1. The average Bonchev–Trinajstić information content (AvgIpc) is 2.77. The third-order valence-corrected chi connectivity index (χ3v) is 3.31. The van der Waals surface area contributed by atoms with Crippen LogP contribution in [0.2, 0.25) is 5.02 Å². The molecule has 0 unspecified atom stereocenters. The number of rotatable bonds is 5. The minimum Gasteiger partial charge on any atom is -0.337 e. The SMILES string of the molecule is CN(Cc1ccc(Cl)c([N+](=O)[O-])c1)Cc1nccn1C. The van der Waals surface area contributed by atoms with Gasteiger partial charge >= 0.3 is 0 Å². The quantitative estimate of drug-likeness (QED) is 0.628. The van der Waals surface area contributed by atoms with E-state index >= 15 is 0 Å². The number of aromatic nitrogens is 2. The molecule has 0 aliphatic carbocycles. The smallest absolute Gasteiger partial charge is 0.288 e. The summed E-state index contributed by atoms with van der Waals surface area (Å²) in [5, 5.41) is 11.0. The van der Waals surface area contributed by atoms with Crippen LogP contribution in [0.25, 0.3) is 0 Å². The van der Waals surface area contributed by atoms with Crippen molar-refractivity contribution < 1.29 is 4.92 Å². The van der Waals surface area contributed by atoms with Crippen LogP contribution in [-0.4, -0.2) is 26.4 Å². The number of hydrogen-bond acceptors (Lipinski definition) is 4. The van der Waals surface area contributed by atoms with Crippen molar-refractivity contribution in [1.29, 1.82) is 0 Å². The lowest BCUT2D eigenvalue weighted by Crippen LogP contribution is -2.19.